The molecule has 10 nitrogen and oxygen atoms in total. The van der Waals surface area contributed by atoms with E-state index < -0.39 is 33.7 Å². The minimum atomic E-state index is -3.75. The highest BCUT2D eigenvalue weighted by Crippen LogP contribution is 2.26. The molecule has 11 heteroatoms. The normalized spacial score (nSPS) is 13.1. The Morgan fingerprint density at radius 1 is 1.00 bits per heavy atom. The number of sulfonamides is 1. The minimum absolute atomic E-state index is 0.0757. The van der Waals surface area contributed by atoms with E-state index in [2.05, 4.69) is 10.0 Å². The second kappa shape index (κ2) is 7.36. The second-order valence-corrected chi connectivity index (χ2v) is 7.89. The van der Waals surface area contributed by atoms with Crippen LogP contribution in [0.15, 0.2) is 42.5 Å². The van der Waals surface area contributed by atoms with Crippen LogP contribution in [0.25, 0.3) is 0 Å². The lowest BCUT2D eigenvalue weighted by Gasteiger charge is -2.16. The van der Waals surface area contributed by atoms with Crippen molar-refractivity contribution in [2.75, 3.05) is 16.3 Å². The Morgan fingerprint density at radius 3 is 2.10 bits per heavy atom. The molecule has 2 aromatic carbocycles. The van der Waals surface area contributed by atoms with Gasteiger partial charge in [0.15, 0.2) is 0 Å². The van der Waals surface area contributed by atoms with Gasteiger partial charge in [0.05, 0.1) is 28.6 Å². The number of nitrogens with zero attached hydrogens (tertiary/aromatic N) is 1. The lowest BCUT2D eigenvalue weighted by Crippen LogP contribution is -2.33. The molecule has 1 aliphatic heterocycles. The highest BCUT2D eigenvalue weighted by Gasteiger charge is 2.39. The molecule has 3 rings (SSSR count). The fourth-order valence-electron chi connectivity index (χ4n) is 2.67. The van der Waals surface area contributed by atoms with Crippen LogP contribution in [-0.2, 0) is 19.7 Å². The van der Waals surface area contributed by atoms with Crippen LogP contribution in [0.1, 0.15) is 38.0 Å². The molecule has 0 bridgehead atoms. The largest absolute Gasteiger partial charge is 0.366 e. The number of amides is 3. The summed E-state index contributed by atoms with van der Waals surface area (Å²) in [5, 5.41) is 2.75. The number of benzene rings is 2. The van der Waals surface area contributed by atoms with Crippen LogP contribution < -0.4 is 10.0 Å². The monoisotopic (exact) mass is 417 g/mol. The van der Waals surface area contributed by atoms with E-state index >= 15 is 0 Å². The number of hydroxylamine groups is 2. The zero-order valence-corrected chi connectivity index (χ0v) is 16.1. The third-order valence-electron chi connectivity index (χ3n) is 3.79. The van der Waals surface area contributed by atoms with Gasteiger partial charge in [0.25, 0.3) is 11.8 Å². The maximum Gasteiger partial charge on any atom is 0.366 e. The molecule has 0 unspecified atom stereocenters. The number of carbonyl (C=O) groups is 4. The minimum Gasteiger partial charge on any atom is -0.326 e. The summed E-state index contributed by atoms with van der Waals surface area (Å²) in [7, 11) is -3.75. The summed E-state index contributed by atoms with van der Waals surface area (Å²) in [6, 6.07) is 9.71. The maximum absolute atomic E-state index is 12.7. The predicted octanol–water partition coefficient (Wildman–Crippen LogP) is 1.38. The van der Waals surface area contributed by atoms with E-state index in [4.69, 9.17) is 4.84 Å². The van der Waals surface area contributed by atoms with Crippen LogP contribution in [0.5, 0.6) is 0 Å². The van der Waals surface area contributed by atoms with Crippen LogP contribution >= 0.6 is 0 Å². The van der Waals surface area contributed by atoms with Crippen LogP contribution in [0.3, 0.4) is 0 Å². The summed E-state index contributed by atoms with van der Waals surface area (Å²) in [6.45, 7) is 1.25. The van der Waals surface area contributed by atoms with E-state index in [1.54, 1.807) is 12.1 Å². The molecule has 29 heavy (non-hydrogen) atoms. The molecule has 0 fully saturated rings. The number of hydrogen-bond donors (Lipinski definition) is 2. The highest BCUT2D eigenvalue weighted by atomic mass is 32.2. The van der Waals surface area contributed by atoms with Crippen molar-refractivity contribution in [2.45, 2.75) is 6.92 Å². The van der Waals surface area contributed by atoms with Gasteiger partial charge in [0.1, 0.15) is 0 Å². The molecule has 2 N–H and O–H groups in total. The molecule has 1 heterocycles. The topological polar surface area (TPSA) is 139 Å². The molecule has 0 spiro atoms. The second-order valence-electron chi connectivity index (χ2n) is 6.14. The summed E-state index contributed by atoms with van der Waals surface area (Å²) < 4.78 is 25.3. The highest BCUT2D eigenvalue weighted by molar-refractivity contribution is 7.92. The fraction of sp³-hybridized carbons (Fsp3) is 0.111. The van der Waals surface area contributed by atoms with E-state index in [0.29, 0.717) is 5.06 Å². The molecule has 3 amide bonds. The van der Waals surface area contributed by atoms with Crippen molar-refractivity contribution in [3.63, 3.8) is 0 Å². The van der Waals surface area contributed by atoms with Gasteiger partial charge in [-0.25, -0.2) is 13.2 Å². The Kier molecular flexibility index (Phi) is 5.08. The maximum atomic E-state index is 12.7. The van der Waals surface area contributed by atoms with Gasteiger partial charge in [-0.05, 0) is 30.3 Å². The van der Waals surface area contributed by atoms with Gasteiger partial charge in [0, 0.05) is 12.6 Å². The van der Waals surface area contributed by atoms with Gasteiger partial charge in [-0.3, -0.25) is 19.1 Å². The number of anilines is 2. The third kappa shape index (κ3) is 4.24. The number of fused-ring (bicyclic) bond motifs is 1. The Hall–Kier alpha value is -3.73. The Morgan fingerprint density at radius 2 is 1.59 bits per heavy atom. The van der Waals surface area contributed by atoms with Crippen molar-refractivity contribution in [1.29, 1.82) is 0 Å². The quantitative estimate of drug-likeness (QED) is 0.701. The molecule has 0 radical (unpaired) electrons. The van der Waals surface area contributed by atoms with Crippen LogP contribution in [0.2, 0.25) is 0 Å². The lowest BCUT2D eigenvalue weighted by atomic mass is 10.1. The van der Waals surface area contributed by atoms with E-state index in [9.17, 15) is 27.6 Å². The average Bonchev–Trinajstić information content (AvgIpc) is 2.86. The van der Waals surface area contributed by atoms with E-state index in [-0.39, 0.29) is 28.1 Å². The van der Waals surface area contributed by atoms with E-state index in [1.807, 2.05) is 0 Å². The molecule has 0 saturated carbocycles. The first-order valence-corrected chi connectivity index (χ1v) is 10.1. The fourth-order valence-corrected chi connectivity index (χ4v) is 3.24. The van der Waals surface area contributed by atoms with Crippen LogP contribution in [0.4, 0.5) is 11.4 Å². The summed E-state index contributed by atoms with van der Waals surface area (Å²) in [4.78, 5) is 53.6. The molecule has 150 valence electrons. The predicted molar refractivity (Wildman–Crippen MR) is 102 cm³/mol. The zero-order chi connectivity index (χ0) is 21.3. The first kappa shape index (κ1) is 20.0. The molecule has 0 aromatic heterocycles. The molecule has 0 saturated heterocycles. The molecule has 2 aromatic rings. The van der Waals surface area contributed by atoms with Crippen molar-refractivity contribution in [2.24, 2.45) is 0 Å². The first-order valence-electron chi connectivity index (χ1n) is 8.16. The summed E-state index contributed by atoms with van der Waals surface area (Å²) in [6.07, 6.45) is 0.883. The third-order valence-corrected chi connectivity index (χ3v) is 4.38. The Bertz CT molecular complexity index is 1120. The van der Waals surface area contributed by atoms with Crippen LogP contribution in [-0.4, -0.2) is 43.4 Å². The summed E-state index contributed by atoms with van der Waals surface area (Å²) in [5.74, 6) is -3.24. The first-order chi connectivity index (χ1) is 13.6. The van der Waals surface area contributed by atoms with Crippen LogP contribution in [0, 0.1) is 0 Å². The van der Waals surface area contributed by atoms with E-state index in [0.717, 1.165) is 12.3 Å². The van der Waals surface area contributed by atoms with Gasteiger partial charge in [0.2, 0.25) is 15.9 Å². The number of rotatable bonds is 5. The number of nitrogens with one attached hydrogen (secondary N) is 2. The molecular formula is C18H15N3O7S. The molecule has 0 atom stereocenters. The average molecular weight is 417 g/mol. The van der Waals surface area contributed by atoms with Crippen molar-refractivity contribution in [3.05, 3.63) is 59.2 Å². The van der Waals surface area contributed by atoms with Crippen molar-refractivity contribution in [1.82, 2.24) is 5.06 Å². The van der Waals surface area contributed by atoms with E-state index in [1.165, 1.54) is 31.2 Å². The van der Waals surface area contributed by atoms with Gasteiger partial charge < -0.3 is 10.2 Å². The summed E-state index contributed by atoms with van der Waals surface area (Å²) >= 11 is 0. The van der Waals surface area contributed by atoms with Crippen molar-refractivity contribution < 1.29 is 32.4 Å². The number of imide groups is 1. The Labute approximate surface area is 165 Å². The summed E-state index contributed by atoms with van der Waals surface area (Å²) in [5.41, 5.74) is -0.120. The number of carbonyl (C=O) groups excluding carboxylic acids is 4. The van der Waals surface area contributed by atoms with Crippen molar-refractivity contribution >= 4 is 45.1 Å². The SMILES string of the molecule is CC(=O)Nc1ccc(NS(C)(=O)=O)c(C(=O)ON2C(=O)c3ccccc3C2=O)c1. The van der Waals surface area contributed by atoms with Gasteiger partial charge in [-0.1, -0.05) is 17.2 Å². The molecule has 0 aliphatic carbocycles. The van der Waals surface area contributed by atoms with Crippen molar-refractivity contribution in [3.8, 4) is 0 Å². The van der Waals surface area contributed by atoms with Gasteiger partial charge in [-0.15, -0.1) is 0 Å². The van der Waals surface area contributed by atoms with Gasteiger partial charge in [-0.2, -0.15) is 0 Å². The zero-order valence-electron chi connectivity index (χ0n) is 15.3. The molecular weight excluding hydrogens is 402 g/mol. The lowest BCUT2D eigenvalue weighted by molar-refractivity contribution is -0.114. The number of hydrogen-bond acceptors (Lipinski definition) is 7. The van der Waals surface area contributed by atoms with Gasteiger partial charge >= 0.3 is 5.97 Å². The standard InChI is InChI=1S/C18H15N3O7S/c1-10(22)19-11-7-8-15(20-29(2,26)27)14(9-11)18(25)28-21-16(23)12-5-3-4-6-13(12)17(21)24/h3-9,20H,1-2H3,(H,19,22). The molecule has 1 aliphatic rings. The Balaban J connectivity index is 1.94. The smallest absolute Gasteiger partial charge is 0.326 e.